The van der Waals surface area contributed by atoms with Crippen LogP contribution in [0.1, 0.15) is 18.1 Å². The number of aromatic nitrogens is 1. The number of benzene rings is 1. The zero-order valence-electron chi connectivity index (χ0n) is 9.25. The molecule has 2 N–H and O–H groups in total. The van der Waals surface area contributed by atoms with Crippen LogP contribution in [0.25, 0.3) is 11.3 Å². The zero-order chi connectivity index (χ0) is 11.7. The molecule has 0 unspecified atom stereocenters. The third-order valence-corrected chi connectivity index (χ3v) is 2.69. The van der Waals surface area contributed by atoms with E-state index in [2.05, 4.69) is 5.16 Å². The first-order valence-electron chi connectivity index (χ1n) is 5.13. The van der Waals surface area contributed by atoms with E-state index in [1.165, 1.54) is 0 Å². The number of nitrogens with two attached hydrogens (primary N) is 1. The minimum absolute atomic E-state index is 0.454. The Morgan fingerprint density at radius 3 is 2.75 bits per heavy atom. The maximum absolute atomic E-state index is 6.01. The first kappa shape index (κ1) is 11.0. The molecule has 0 spiro atoms. The molecule has 0 saturated carbocycles. The van der Waals surface area contributed by atoms with Crippen LogP contribution >= 0.6 is 11.6 Å². The van der Waals surface area contributed by atoms with Crippen LogP contribution in [-0.2, 0) is 6.42 Å². The second kappa shape index (κ2) is 4.18. The quantitative estimate of drug-likeness (QED) is 0.869. The van der Waals surface area contributed by atoms with Gasteiger partial charge in [-0.25, -0.2) is 0 Å². The average molecular weight is 237 g/mol. The van der Waals surface area contributed by atoms with Gasteiger partial charge >= 0.3 is 0 Å². The zero-order valence-corrected chi connectivity index (χ0v) is 10.0. The third-order valence-electron chi connectivity index (χ3n) is 2.48. The molecule has 1 aromatic carbocycles. The summed E-state index contributed by atoms with van der Waals surface area (Å²) in [7, 11) is 0. The number of anilines is 1. The van der Waals surface area contributed by atoms with Gasteiger partial charge in [0.05, 0.1) is 0 Å². The largest absolute Gasteiger partial charge is 0.381 e. The van der Waals surface area contributed by atoms with Gasteiger partial charge in [-0.05, 0) is 37.1 Å². The first-order chi connectivity index (χ1) is 7.61. The number of aryl methyl sites for hydroxylation is 1. The highest BCUT2D eigenvalue weighted by molar-refractivity contribution is 6.30. The summed E-state index contributed by atoms with van der Waals surface area (Å²) in [5, 5.41) is 4.47. The average Bonchev–Trinajstić information content (AvgIpc) is 2.58. The van der Waals surface area contributed by atoms with Crippen molar-refractivity contribution in [3.63, 3.8) is 0 Å². The lowest BCUT2D eigenvalue weighted by Gasteiger charge is -2.02. The second-order valence-electron chi connectivity index (χ2n) is 3.75. The molecule has 0 bridgehead atoms. The smallest absolute Gasteiger partial charge is 0.172 e. The van der Waals surface area contributed by atoms with Crippen molar-refractivity contribution in [3.05, 3.63) is 34.3 Å². The second-order valence-corrected chi connectivity index (χ2v) is 4.18. The summed E-state index contributed by atoms with van der Waals surface area (Å²) in [5.74, 6) is 1.17. The summed E-state index contributed by atoms with van der Waals surface area (Å²) >= 11 is 6.01. The van der Waals surface area contributed by atoms with E-state index in [-0.39, 0.29) is 0 Å². The number of halogens is 1. The molecule has 0 amide bonds. The molecule has 1 heterocycles. The van der Waals surface area contributed by atoms with E-state index < -0.39 is 0 Å². The van der Waals surface area contributed by atoms with Crippen LogP contribution in [0.2, 0.25) is 5.02 Å². The molecule has 2 aromatic rings. The summed E-state index contributed by atoms with van der Waals surface area (Å²) < 4.78 is 5.25. The molecule has 0 aliphatic rings. The minimum atomic E-state index is 0.454. The summed E-state index contributed by atoms with van der Waals surface area (Å²) in [5.41, 5.74) is 8.66. The van der Waals surface area contributed by atoms with Crippen LogP contribution in [0.15, 0.2) is 22.7 Å². The van der Waals surface area contributed by atoms with Crippen molar-refractivity contribution in [2.45, 2.75) is 20.3 Å². The molecular formula is C12H13ClN2O. The molecule has 0 fully saturated rings. The summed E-state index contributed by atoms with van der Waals surface area (Å²) in [4.78, 5) is 0. The maximum Gasteiger partial charge on any atom is 0.172 e. The van der Waals surface area contributed by atoms with Crippen LogP contribution in [0.3, 0.4) is 0 Å². The van der Waals surface area contributed by atoms with Crippen LogP contribution in [0.4, 0.5) is 5.82 Å². The Balaban J connectivity index is 2.58. The van der Waals surface area contributed by atoms with E-state index in [9.17, 15) is 0 Å². The lowest BCUT2D eigenvalue weighted by Crippen LogP contribution is -1.91. The third kappa shape index (κ3) is 1.91. The van der Waals surface area contributed by atoms with Gasteiger partial charge in [-0.15, -0.1) is 0 Å². The Bertz CT molecular complexity index is 499. The molecule has 1 aromatic heterocycles. The molecule has 0 saturated heterocycles. The fraction of sp³-hybridized carbons (Fsp3) is 0.250. The lowest BCUT2D eigenvalue weighted by molar-refractivity contribution is 0.435. The molecule has 2 rings (SSSR count). The summed E-state index contributed by atoms with van der Waals surface area (Å²) in [6.45, 7) is 4.00. The Morgan fingerprint density at radius 2 is 2.12 bits per heavy atom. The van der Waals surface area contributed by atoms with Crippen molar-refractivity contribution in [2.75, 3.05) is 5.73 Å². The number of hydrogen-bond acceptors (Lipinski definition) is 3. The van der Waals surface area contributed by atoms with Crippen molar-refractivity contribution in [1.82, 2.24) is 5.16 Å². The predicted molar refractivity (Wildman–Crippen MR) is 65.5 cm³/mol. The van der Waals surface area contributed by atoms with Crippen LogP contribution in [0, 0.1) is 6.92 Å². The van der Waals surface area contributed by atoms with E-state index in [0.29, 0.717) is 16.6 Å². The Kier molecular flexibility index (Phi) is 2.88. The summed E-state index contributed by atoms with van der Waals surface area (Å²) in [6.07, 6.45) is 0.788. The molecule has 4 heteroatoms. The van der Waals surface area contributed by atoms with Crippen molar-refractivity contribution < 1.29 is 4.52 Å². The van der Waals surface area contributed by atoms with Gasteiger partial charge in [0, 0.05) is 16.1 Å². The molecule has 3 nitrogen and oxygen atoms in total. The number of rotatable bonds is 2. The fourth-order valence-corrected chi connectivity index (χ4v) is 2.05. The van der Waals surface area contributed by atoms with Crippen molar-refractivity contribution in [3.8, 4) is 11.3 Å². The molecule has 0 radical (unpaired) electrons. The Morgan fingerprint density at radius 1 is 1.38 bits per heavy atom. The minimum Gasteiger partial charge on any atom is -0.381 e. The highest BCUT2D eigenvalue weighted by Gasteiger charge is 2.14. The van der Waals surface area contributed by atoms with Crippen LogP contribution in [0.5, 0.6) is 0 Å². The van der Waals surface area contributed by atoms with E-state index in [4.69, 9.17) is 21.9 Å². The Hall–Kier alpha value is -1.48. The van der Waals surface area contributed by atoms with E-state index in [1.54, 1.807) is 0 Å². The number of hydrogen-bond donors (Lipinski definition) is 1. The molecule has 0 aliphatic carbocycles. The predicted octanol–water partition coefficient (Wildman–Crippen LogP) is 3.45. The highest BCUT2D eigenvalue weighted by Crippen LogP contribution is 2.30. The van der Waals surface area contributed by atoms with E-state index in [1.807, 2.05) is 32.0 Å². The van der Waals surface area contributed by atoms with Gasteiger partial charge in [-0.3, -0.25) is 0 Å². The molecular weight excluding hydrogens is 224 g/mol. The van der Waals surface area contributed by atoms with Crippen molar-refractivity contribution in [1.29, 1.82) is 0 Å². The summed E-state index contributed by atoms with van der Waals surface area (Å²) in [6, 6.07) is 5.76. The topological polar surface area (TPSA) is 52.0 Å². The van der Waals surface area contributed by atoms with Gasteiger partial charge in [-0.1, -0.05) is 23.7 Å². The molecule has 16 heavy (non-hydrogen) atoms. The van der Waals surface area contributed by atoms with Gasteiger partial charge in [0.15, 0.2) is 11.6 Å². The Labute approximate surface area is 99.2 Å². The van der Waals surface area contributed by atoms with E-state index in [0.717, 1.165) is 23.1 Å². The van der Waals surface area contributed by atoms with Crippen molar-refractivity contribution >= 4 is 17.4 Å². The van der Waals surface area contributed by atoms with Crippen LogP contribution in [-0.4, -0.2) is 5.16 Å². The highest BCUT2D eigenvalue weighted by atomic mass is 35.5. The molecule has 0 aliphatic heterocycles. The van der Waals surface area contributed by atoms with E-state index >= 15 is 0 Å². The van der Waals surface area contributed by atoms with Gasteiger partial charge in [0.2, 0.25) is 0 Å². The van der Waals surface area contributed by atoms with Gasteiger partial charge in [0.25, 0.3) is 0 Å². The van der Waals surface area contributed by atoms with Gasteiger partial charge < -0.3 is 10.3 Å². The van der Waals surface area contributed by atoms with Gasteiger partial charge in [0.1, 0.15) is 0 Å². The van der Waals surface area contributed by atoms with Gasteiger partial charge in [-0.2, -0.15) is 0 Å². The number of nitrogens with zero attached hydrogens (tertiary/aromatic N) is 1. The SMILES string of the molecule is CCc1c(N)noc1-c1cc(C)cc(Cl)c1. The standard InChI is InChI=1S/C12H13ClN2O/c1-3-10-11(16-15-12(10)14)8-4-7(2)5-9(13)6-8/h4-6H,3H2,1-2H3,(H2,14,15). The molecule has 84 valence electrons. The lowest BCUT2D eigenvalue weighted by atomic mass is 10.0. The number of nitrogen functional groups attached to an aromatic ring is 1. The fourth-order valence-electron chi connectivity index (χ4n) is 1.76. The maximum atomic E-state index is 6.01. The van der Waals surface area contributed by atoms with Crippen molar-refractivity contribution in [2.24, 2.45) is 0 Å². The monoisotopic (exact) mass is 236 g/mol. The first-order valence-corrected chi connectivity index (χ1v) is 5.51. The normalized spacial score (nSPS) is 10.7. The van der Waals surface area contributed by atoms with Crippen LogP contribution < -0.4 is 5.73 Å². The molecule has 0 atom stereocenters.